The Morgan fingerprint density at radius 1 is 1.21 bits per heavy atom. The summed E-state index contributed by atoms with van der Waals surface area (Å²) in [5.74, 6) is -0.364. The number of cyclic esters (lactones) is 1. The molecule has 28 heavy (non-hydrogen) atoms. The number of rotatable bonds is 6. The first-order valence-electron chi connectivity index (χ1n) is 9.16. The van der Waals surface area contributed by atoms with E-state index < -0.39 is 22.5 Å². The number of carbonyl (C=O) groups is 1. The summed E-state index contributed by atoms with van der Waals surface area (Å²) in [4.78, 5) is 15.2. The van der Waals surface area contributed by atoms with Crippen LogP contribution in [-0.2, 0) is 21.1 Å². The van der Waals surface area contributed by atoms with Gasteiger partial charge in [-0.15, -0.1) is 0 Å². The van der Waals surface area contributed by atoms with E-state index in [1.54, 1.807) is 35.4 Å². The zero-order valence-corrected chi connectivity index (χ0v) is 16.7. The summed E-state index contributed by atoms with van der Waals surface area (Å²) in [6.45, 7) is 2.21. The molecule has 2 aromatic carbocycles. The molecule has 1 amide bonds. The highest BCUT2D eigenvalue weighted by molar-refractivity contribution is 7.84. The Labute approximate surface area is 166 Å². The summed E-state index contributed by atoms with van der Waals surface area (Å²) in [5.41, 5.74) is 0.639. The van der Waals surface area contributed by atoms with Crippen molar-refractivity contribution in [3.63, 3.8) is 0 Å². The fraction of sp³-hybridized carbons (Fsp3) is 0.381. The van der Waals surface area contributed by atoms with E-state index in [9.17, 15) is 18.5 Å². The van der Waals surface area contributed by atoms with E-state index in [2.05, 4.69) is 0 Å². The van der Waals surface area contributed by atoms with Crippen molar-refractivity contribution in [3.05, 3.63) is 65.5 Å². The first-order valence-corrected chi connectivity index (χ1v) is 10.7. The van der Waals surface area contributed by atoms with Crippen LogP contribution >= 0.6 is 0 Å². The molecule has 0 aliphatic carbocycles. The third kappa shape index (κ3) is 4.10. The number of benzene rings is 2. The summed E-state index contributed by atoms with van der Waals surface area (Å²) in [5, 5.41) is 9.51. The fourth-order valence-electron chi connectivity index (χ4n) is 3.60. The predicted octanol–water partition coefficient (Wildman–Crippen LogP) is 3.74. The second-order valence-corrected chi connectivity index (χ2v) is 8.36. The van der Waals surface area contributed by atoms with E-state index in [0.717, 1.165) is 10.5 Å². The maximum absolute atomic E-state index is 13.3. The van der Waals surface area contributed by atoms with Crippen LogP contribution in [0.3, 0.4) is 0 Å². The number of ether oxygens (including phenoxy) is 1. The highest BCUT2D eigenvalue weighted by Crippen LogP contribution is 2.39. The van der Waals surface area contributed by atoms with Crippen LogP contribution in [0, 0.1) is 5.82 Å². The van der Waals surface area contributed by atoms with E-state index in [1.807, 2.05) is 19.1 Å². The molecule has 150 valence electrons. The van der Waals surface area contributed by atoms with Gasteiger partial charge in [-0.1, -0.05) is 24.3 Å². The van der Waals surface area contributed by atoms with E-state index in [1.165, 1.54) is 12.1 Å². The van der Waals surface area contributed by atoms with Crippen molar-refractivity contribution in [1.82, 2.24) is 4.90 Å². The van der Waals surface area contributed by atoms with Gasteiger partial charge in [-0.2, -0.15) is 0 Å². The molecule has 0 saturated carbocycles. The molecule has 3 unspecified atom stereocenters. The van der Waals surface area contributed by atoms with Gasteiger partial charge in [0.25, 0.3) is 0 Å². The lowest BCUT2D eigenvalue weighted by molar-refractivity contribution is -0.0718. The van der Waals surface area contributed by atoms with Gasteiger partial charge in [-0.3, -0.25) is 4.21 Å². The van der Waals surface area contributed by atoms with Crippen molar-refractivity contribution in [2.24, 2.45) is 0 Å². The standard InChI is InChI=1S/C21H24FNO4S/c1-15(16-3-9-19(10-4-16)28(2)26)23-13-11-21(12-14-24,27-20(23)25)17-5-7-18(22)8-6-17/h3-10,15,24H,11-14H2,1-2H3. The van der Waals surface area contributed by atoms with Crippen LogP contribution < -0.4 is 0 Å². The summed E-state index contributed by atoms with van der Waals surface area (Å²) in [6, 6.07) is 13.0. The number of carbonyl (C=O) groups excluding carboxylic acids is 1. The van der Waals surface area contributed by atoms with Crippen molar-refractivity contribution in [2.75, 3.05) is 19.4 Å². The molecule has 1 aliphatic heterocycles. The lowest BCUT2D eigenvalue weighted by Gasteiger charge is -2.43. The summed E-state index contributed by atoms with van der Waals surface area (Å²) in [6.07, 6.45) is 1.90. The Bertz CT molecular complexity index is 856. The molecule has 1 N–H and O–H groups in total. The Morgan fingerprint density at radius 2 is 1.86 bits per heavy atom. The molecule has 3 rings (SSSR count). The lowest BCUT2D eigenvalue weighted by Crippen LogP contribution is -2.49. The fourth-order valence-corrected chi connectivity index (χ4v) is 4.12. The quantitative estimate of drug-likeness (QED) is 0.795. The van der Waals surface area contributed by atoms with Gasteiger partial charge in [0.1, 0.15) is 11.4 Å². The summed E-state index contributed by atoms with van der Waals surface area (Å²) < 4.78 is 30.7. The Morgan fingerprint density at radius 3 is 2.39 bits per heavy atom. The molecule has 2 aromatic rings. The van der Waals surface area contributed by atoms with E-state index >= 15 is 0 Å². The molecule has 0 bridgehead atoms. The molecule has 5 nitrogen and oxygen atoms in total. The van der Waals surface area contributed by atoms with Crippen LogP contribution in [0.2, 0.25) is 0 Å². The molecule has 0 aromatic heterocycles. The van der Waals surface area contributed by atoms with Gasteiger partial charge in [0.05, 0.1) is 6.04 Å². The molecule has 1 fully saturated rings. The van der Waals surface area contributed by atoms with Gasteiger partial charge < -0.3 is 14.7 Å². The average Bonchev–Trinajstić information content (AvgIpc) is 2.68. The molecule has 0 radical (unpaired) electrons. The van der Waals surface area contributed by atoms with Crippen molar-refractivity contribution in [2.45, 2.75) is 36.3 Å². The summed E-state index contributed by atoms with van der Waals surface area (Å²) >= 11 is 0. The molecule has 7 heteroatoms. The van der Waals surface area contributed by atoms with Crippen LogP contribution in [0.5, 0.6) is 0 Å². The number of nitrogens with zero attached hydrogens (tertiary/aromatic N) is 1. The van der Waals surface area contributed by atoms with E-state index in [4.69, 9.17) is 4.74 Å². The van der Waals surface area contributed by atoms with Crippen molar-refractivity contribution >= 4 is 16.9 Å². The first kappa shape index (κ1) is 20.5. The molecular formula is C21H24FNO4S. The topological polar surface area (TPSA) is 66.8 Å². The van der Waals surface area contributed by atoms with Gasteiger partial charge in [-0.05, 0) is 42.3 Å². The molecule has 0 spiro atoms. The molecule has 1 saturated heterocycles. The van der Waals surface area contributed by atoms with Crippen LogP contribution in [0.4, 0.5) is 9.18 Å². The zero-order valence-electron chi connectivity index (χ0n) is 15.9. The van der Waals surface area contributed by atoms with Crippen LogP contribution in [-0.4, -0.2) is 39.7 Å². The lowest BCUT2D eigenvalue weighted by atomic mass is 9.85. The average molecular weight is 405 g/mol. The van der Waals surface area contributed by atoms with Gasteiger partial charge >= 0.3 is 6.09 Å². The van der Waals surface area contributed by atoms with Gasteiger partial charge in [0.2, 0.25) is 0 Å². The minimum atomic E-state index is -1.05. The third-order valence-electron chi connectivity index (χ3n) is 5.32. The number of hydrogen-bond donors (Lipinski definition) is 1. The maximum Gasteiger partial charge on any atom is 0.411 e. The maximum atomic E-state index is 13.3. The van der Waals surface area contributed by atoms with Crippen LogP contribution in [0.25, 0.3) is 0 Å². The largest absolute Gasteiger partial charge is 0.438 e. The van der Waals surface area contributed by atoms with Gasteiger partial charge in [0, 0.05) is 47.9 Å². The predicted molar refractivity (Wildman–Crippen MR) is 105 cm³/mol. The second-order valence-electron chi connectivity index (χ2n) is 6.99. The zero-order chi connectivity index (χ0) is 20.3. The number of hydrogen-bond acceptors (Lipinski definition) is 4. The number of aliphatic hydroxyl groups is 1. The Balaban J connectivity index is 1.80. The highest BCUT2D eigenvalue weighted by Gasteiger charge is 2.43. The molecular weight excluding hydrogens is 381 g/mol. The van der Waals surface area contributed by atoms with E-state index in [0.29, 0.717) is 18.5 Å². The number of halogens is 1. The highest BCUT2D eigenvalue weighted by atomic mass is 32.2. The second kappa shape index (κ2) is 8.41. The normalized spacial score (nSPS) is 21.9. The monoisotopic (exact) mass is 405 g/mol. The van der Waals surface area contributed by atoms with Gasteiger partial charge in [0.15, 0.2) is 0 Å². The third-order valence-corrected chi connectivity index (χ3v) is 6.26. The minimum absolute atomic E-state index is 0.143. The smallest absolute Gasteiger partial charge is 0.411 e. The first-order chi connectivity index (χ1) is 13.4. The van der Waals surface area contributed by atoms with Gasteiger partial charge in [-0.25, -0.2) is 9.18 Å². The van der Waals surface area contributed by atoms with Crippen molar-refractivity contribution in [1.29, 1.82) is 0 Å². The Hall–Kier alpha value is -2.25. The van der Waals surface area contributed by atoms with Crippen molar-refractivity contribution in [3.8, 4) is 0 Å². The number of amides is 1. The van der Waals surface area contributed by atoms with Crippen LogP contribution in [0.15, 0.2) is 53.4 Å². The molecule has 3 atom stereocenters. The molecule has 1 aliphatic rings. The molecule has 1 heterocycles. The van der Waals surface area contributed by atoms with E-state index in [-0.39, 0.29) is 24.9 Å². The minimum Gasteiger partial charge on any atom is -0.438 e. The van der Waals surface area contributed by atoms with Crippen molar-refractivity contribution < 1.29 is 23.2 Å². The number of aliphatic hydroxyl groups excluding tert-OH is 1. The SMILES string of the molecule is CC(c1ccc(S(C)=O)cc1)N1CCC(CCO)(c2ccc(F)cc2)OC1=O. The summed E-state index contributed by atoms with van der Waals surface area (Å²) in [7, 11) is -1.05. The Kier molecular flexibility index (Phi) is 6.15. The van der Waals surface area contributed by atoms with Crippen LogP contribution in [0.1, 0.15) is 36.9 Å².